The van der Waals surface area contributed by atoms with Crippen molar-refractivity contribution in [1.29, 1.82) is 5.26 Å². The van der Waals surface area contributed by atoms with Crippen molar-refractivity contribution in [3.8, 4) is 34.8 Å². The SMILES string of the molecule is COc1c(C)cc2c(c1O)C1C3Cc4c(OC(C)=O)c(C)c5c(c4[C@H](CN)N3[C@@H](C#N)[C@H](C2)N1C)OCO5. The van der Waals surface area contributed by atoms with Crippen molar-refractivity contribution in [2.24, 2.45) is 5.73 Å². The van der Waals surface area contributed by atoms with Gasteiger partial charge in [0.05, 0.1) is 25.3 Å². The predicted molar refractivity (Wildman–Crippen MR) is 137 cm³/mol. The second-order valence-corrected chi connectivity index (χ2v) is 10.6. The van der Waals surface area contributed by atoms with Gasteiger partial charge in [-0.15, -0.1) is 0 Å². The number of benzene rings is 2. The number of ether oxygens (including phenoxy) is 4. The maximum Gasteiger partial charge on any atom is 0.308 e. The maximum absolute atomic E-state index is 12.2. The molecule has 0 amide bonds. The van der Waals surface area contributed by atoms with Gasteiger partial charge in [-0.2, -0.15) is 5.26 Å². The first-order valence-electron chi connectivity index (χ1n) is 12.8. The number of methoxy groups -OCH3 is 1. The van der Waals surface area contributed by atoms with E-state index < -0.39 is 12.0 Å². The minimum absolute atomic E-state index is 0.0585. The molecule has 2 bridgehead atoms. The number of fused-ring (bicyclic) bond motifs is 9. The molecule has 200 valence electrons. The highest BCUT2D eigenvalue weighted by atomic mass is 16.7. The second-order valence-electron chi connectivity index (χ2n) is 10.6. The molecule has 2 unspecified atom stereocenters. The molecule has 0 radical (unpaired) electrons. The zero-order valence-corrected chi connectivity index (χ0v) is 22.2. The van der Waals surface area contributed by atoms with Crippen molar-refractivity contribution in [1.82, 2.24) is 9.80 Å². The summed E-state index contributed by atoms with van der Waals surface area (Å²) in [7, 11) is 3.57. The topological polar surface area (TPSA) is 131 Å². The summed E-state index contributed by atoms with van der Waals surface area (Å²) in [4.78, 5) is 16.6. The van der Waals surface area contributed by atoms with E-state index >= 15 is 0 Å². The van der Waals surface area contributed by atoms with Gasteiger partial charge in [0, 0.05) is 47.8 Å². The van der Waals surface area contributed by atoms with Crippen LogP contribution in [0.25, 0.3) is 0 Å². The van der Waals surface area contributed by atoms with Gasteiger partial charge in [-0.05, 0) is 44.9 Å². The summed E-state index contributed by atoms with van der Waals surface area (Å²) in [6.45, 7) is 5.42. The van der Waals surface area contributed by atoms with Crippen LogP contribution in [0.1, 0.15) is 52.4 Å². The number of aryl methyl sites for hydroxylation is 1. The standard InChI is InChI=1S/C28H32N4O6/c1-12-6-15-7-17-19(9-29)32-18(23(31(17)4)21(15)24(34)25(12)35-5)8-16-22(20(32)10-30)28-27(36-11-37-28)13(2)26(16)38-14(3)33/h6,17-20,23,34H,7-8,10-11,30H2,1-5H3/t17-,18?,19-,20-,23?/m0/s1. The Morgan fingerprint density at radius 2 is 1.95 bits per heavy atom. The van der Waals surface area contributed by atoms with E-state index in [2.05, 4.69) is 21.9 Å². The molecule has 1 saturated heterocycles. The van der Waals surface area contributed by atoms with Crippen LogP contribution in [0.4, 0.5) is 0 Å². The third-order valence-electron chi connectivity index (χ3n) is 8.73. The molecular formula is C28H32N4O6. The number of nitrogens with zero attached hydrogens (tertiary/aromatic N) is 3. The summed E-state index contributed by atoms with van der Waals surface area (Å²) in [6.07, 6.45) is 1.07. The van der Waals surface area contributed by atoms with Gasteiger partial charge in [0.25, 0.3) is 0 Å². The molecule has 0 aliphatic carbocycles. The molecule has 2 aromatic rings. The van der Waals surface area contributed by atoms with E-state index in [1.807, 2.05) is 20.9 Å². The number of nitrogens with two attached hydrogens (primary N) is 1. The van der Waals surface area contributed by atoms with Crippen molar-refractivity contribution in [2.45, 2.75) is 63.8 Å². The van der Waals surface area contributed by atoms with E-state index in [4.69, 9.17) is 24.7 Å². The Labute approximate surface area is 221 Å². The van der Waals surface area contributed by atoms with Crippen molar-refractivity contribution in [3.05, 3.63) is 39.4 Å². The first-order valence-corrected chi connectivity index (χ1v) is 12.8. The molecule has 4 aliphatic heterocycles. The monoisotopic (exact) mass is 520 g/mol. The lowest BCUT2D eigenvalue weighted by Crippen LogP contribution is -2.68. The summed E-state index contributed by atoms with van der Waals surface area (Å²) in [5.41, 5.74) is 11.5. The Morgan fingerprint density at radius 1 is 1.21 bits per heavy atom. The molecule has 4 heterocycles. The lowest BCUT2D eigenvalue weighted by molar-refractivity contribution is -0.132. The van der Waals surface area contributed by atoms with Crippen LogP contribution < -0.4 is 24.7 Å². The fraction of sp³-hybridized carbons (Fsp3) is 0.500. The molecule has 4 aliphatic rings. The van der Waals surface area contributed by atoms with Crippen LogP contribution in [0.15, 0.2) is 6.07 Å². The van der Waals surface area contributed by atoms with E-state index in [0.717, 1.165) is 27.8 Å². The number of aromatic hydroxyl groups is 1. The van der Waals surface area contributed by atoms with Gasteiger partial charge >= 0.3 is 5.97 Å². The average molecular weight is 521 g/mol. The third-order valence-corrected chi connectivity index (χ3v) is 8.73. The first-order chi connectivity index (χ1) is 18.2. The summed E-state index contributed by atoms with van der Waals surface area (Å²) >= 11 is 0. The number of rotatable bonds is 3. The highest BCUT2D eigenvalue weighted by Gasteiger charge is 2.56. The van der Waals surface area contributed by atoms with E-state index in [-0.39, 0.29) is 43.3 Å². The molecule has 0 saturated carbocycles. The summed E-state index contributed by atoms with van der Waals surface area (Å²) < 4.78 is 23.1. The molecule has 2 aromatic carbocycles. The summed E-state index contributed by atoms with van der Waals surface area (Å²) in [5.74, 6) is 1.75. The van der Waals surface area contributed by atoms with Crippen LogP contribution in [-0.2, 0) is 17.6 Å². The third kappa shape index (κ3) is 3.19. The van der Waals surface area contributed by atoms with E-state index in [0.29, 0.717) is 41.4 Å². The zero-order chi connectivity index (χ0) is 27.0. The molecule has 10 nitrogen and oxygen atoms in total. The minimum Gasteiger partial charge on any atom is -0.504 e. The van der Waals surface area contributed by atoms with Crippen LogP contribution in [0.3, 0.4) is 0 Å². The molecule has 10 heteroatoms. The minimum atomic E-state index is -0.461. The van der Waals surface area contributed by atoms with Crippen LogP contribution in [-0.4, -0.2) is 66.5 Å². The summed E-state index contributed by atoms with van der Waals surface area (Å²) in [6, 6.07) is 3.20. The maximum atomic E-state index is 12.2. The Bertz CT molecular complexity index is 1400. The number of carbonyl (C=O) groups is 1. The average Bonchev–Trinajstić information content (AvgIpc) is 3.36. The fourth-order valence-electron chi connectivity index (χ4n) is 7.34. The number of hydrogen-bond donors (Lipinski definition) is 2. The van der Waals surface area contributed by atoms with Crippen molar-refractivity contribution in [3.63, 3.8) is 0 Å². The number of piperazine rings is 1. The molecule has 6 rings (SSSR count). The second kappa shape index (κ2) is 8.76. The molecule has 38 heavy (non-hydrogen) atoms. The lowest BCUT2D eigenvalue weighted by Gasteiger charge is -2.59. The quantitative estimate of drug-likeness (QED) is 0.459. The number of nitriles is 1. The fourth-order valence-corrected chi connectivity index (χ4v) is 7.34. The highest BCUT2D eigenvalue weighted by molar-refractivity contribution is 5.74. The van der Waals surface area contributed by atoms with Crippen LogP contribution >= 0.6 is 0 Å². The number of phenols is 1. The number of phenolic OH excluding ortho intramolecular Hbond substituents is 1. The van der Waals surface area contributed by atoms with Gasteiger partial charge in [0.2, 0.25) is 6.79 Å². The molecule has 0 aromatic heterocycles. The number of esters is 1. The Hall–Kier alpha value is -3.52. The van der Waals surface area contributed by atoms with Crippen molar-refractivity contribution in [2.75, 3.05) is 27.5 Å². The van der Waals surface area contributed by atoms with E-state index in [1.54, 1.807) is 7.11 Å². The van der Waals surface area contributed by atoms with Gasteiger partial charge in [-0.1, -0.05) is 6.07 Å². The Balaban J connectivity index is 1.62. The van der Waals surface area contributed by atoms with Gasteiger partial charge in [0.15, 0.2) is 23.0 Å². The smallest absolute Gasteiger partial charge is 0.308 e. The highest BCUT2D eigenvalue weighted by Crippen LogP contribution is 2.58. The molecule has 5 atom stereocenters. The van der Waals surface area contributed by atoms with Gasteiger partial charge in [-0.25, -0.2) is 0 Å². The first kappa shape index (κ1) is 24.8. The predicted octanol–water partition coefficient (Wildman–Crippen LogP) is 2.40. The number of likely N-dealkylation sites (N-methyl/N-ethyl adjacent to an activating group) is 1. The Kier molecular flexibility index (Phi) is 5.72. The van der Waals surface area contributed by atoms with Gasteiger partial charge in [-0.3, -0.25) is 14.6 Å². The zero-order valence-electron chi connectivity index (χ0n) is 22.2. The summed E-state index contributed by atoms with van der Waals surface area (Å²) in [5, 5.41) is 22.0. The van der Waals surface area contributed by atoms with Crippen molar-refractivity contribution >= 4 is 5.97 Å². The number of hydrogen-bond acceptors (Lipinski definition) is 10. The van der Waals surface area contributed by atoms with Crippen LogP contribution in [0, 0.1) is 25.2 Å². The van der Waals surface area contributed by atoms with E-state index in [9.17, 15) is 15.2 Å². The molecule has 0 spiro atoms. The van der Waals surface area contributed by atoms with Crippen molar-refractivity contribution < 1.29 is 28.8 Å². The van der Waals surface area contributed by atoms with Crippen LogP contribution in [0.2, 0.25) is 0 Å². The van der Waals surface area contributed by atoms with Crippen LogP contribution in [0.5, 0.6) is 28.7 Å². The molecular weight excluding hydrogens is 488 g/mol. The number of carbonyl (C=O) groups excluding carboxylic acids is 1. The van der Waals surface area contributed by atoms with Gasteiger partial charge < -0.3 is 29.8 Å². The normalized spacial score (nSPS) is 27.1. The Morgan fingerprint density at radius 3 is 2.61 bits per heavy atom. The largest absolute Gasteiger partial charge is 0.504 e. The molecule has 1 fully saturated rings. The molecule has 3 N–H and O–H groups in total. The lowest BCUT2D eigenvalue weighted by atomic mass is 9.71. The van der Waals surface area contributed by atoms with E-state index in [1.165, 1.54) is 6.92 Å². The van der Waals surface area contributed by atoms with Gasteiger partial charge in [0.1, 0.15) is 11.8 Å².